The van der Waals surface area contributed by atoms with Crippen LogP contribution in [0.15, 0.2) is 53.5 Å². The number of aromatic nitrogens is 4. The zero-order valence-electron chi connectivity index (χ0n) is 46.0. The fraction of sp³-hybridized carbons (Fsp3) is 0.686. The van der Waals surface area contributed by atoms with Gasteiger partial charge in [0.05, 0.1) is 56.0 Å². The standard InChI is InChI=1S/C22H33BN4O4.C16H21BrN4O2.C12H24B2O4.CH4/c1-20(2,3)29-19(28)26-12-10-25(11-13-26)17-8-9-24-27-15-16(14-18(17)27)23-30-21(4,5)22(6,7)31-23;1-16(2,3)23-15(22)20-8-6-19(7-9-20)13-4-5-18-21-11-12(17)10-14(13)21;1-9(2)10(3,4)16-13(15-9)14-17-11(5,6)12(7,8)18-14;/h8-9,14-15H,10-13H2,1-7H3;4-5,10-11H,6-9H2,1-3H3;1-8H3;1H4. The van der Waals surface area contributed by atoms with E-state index in [2.05, 4.69) is 75.8 Å². The number of carbonyl (C=O) groups excluding carboxylic acids is 2. The predicted molar refractivity (Wildman–Crippen MR) is 293 cm³/mol. The number of carbonyl (C=O) groups is 2. The number of rotatable bonds is 4. The molecule has 0 saturated carbocycles. The van der Waals surface area contributed by atoms with E-state index in [0.29, 0.717) is 26.2 Å². The average molecular weight is 1080 g/mol. The van der Waals surface area contributed by atoms with Crippen LogP contribution in [-0.2, 0) is 37.4 Å². The summed E-state index contributed by atoms with van der Waals surface area (Å²) in [7, 11) is -1.38. The molecule has 22 heteroatoms. The largest absolute Gasteiger partial charge is 0.496 e. The van der Waals surface area contributed by atoms with Gasteiger partial charge in [-0.05, 0) is 165 Å². The summed E-state index contributed by atoms with van der Waals surface area (Å²) in [6.07, 6.45) is 7.03. The van der Waals surface area contributed by atoms with Crippen molar-refractivity contribution in [1.82, 2.24) is 29.0 Å². The van der Waals surface area contributed by atoms with Gasteiger partial charge in [0.15, 0.2) is 0 Å². The van der Waals surface area contributed by atoms with Gasteiger partial charge >= 0.3 is 33.3 Å². The highest BCUT2D eigenvalue weighted by molar-refractivity contribution is 9.10. The second kappa shape index (κ2) is 20.8. The van der Waals surface area contributed by atoms with Gasteiger partial charge in [0, 0.05) is 87.1 Å². The minimum absolute atomic E-state index is 0. The maximum Gasteiger partial charge on any atom is 0.496 e. The van der Waals surface area contributed by atoms with Crippen LogP contribution < -0.4 is 15.3 Å². The van der Waals surface area contributed by atoms with Gasteiger partial charge in [-0.3, -0.25) is 0 Å². The molecule has 9 heterocycles. The zero-order valence-corrected chi connectivity index (χ0v) is 47.6. The van der Waals surface area contributed by atoms with Crippen LogP contribution >= 0.6 is 15.9 Å². The summed E-state index contributed by atoms with van der Waals surface area (Å²) in [5.74, 6) is 0. The minimum Gasteiger partial charge on any atom is -0.444 e. The van der Waals surface area contributed by atoms with E-state index >= 15 is 0 Å². The highest BCUT2D eigenvalue weighted by Gasteiger charge is 2.64. The first kappa shape index (κ1) is 58.2. The van der Waals surface area contributed by atoms with Gasteiger partial charge in [-0.1, -0.05) is 7.43 Å². The van der Waals surface area contributed by atoms with Gasteiger partial charge in [0.1, 0.15) is 11.2 Å². The average Bonchev–Trinajstić information content (AvgIpc) is 4.02. The van der Waals surface area contributed by atoms with Crippen LogP contribution in [-0.4, -0.2) is 160 Å². The van der Waals surface area contributed by atoms with Crippen molar-refractivity contribution in [2.75, 3.05) is 62.2 Å². The molecule has 5 aliphatic rings. The Balaban J connectivity index is 0.000000184. The molecule has 0 spiro atoms. The summed E-state index contributed by atoms with van der Waals surface area (Å²) in [6.45, 7) is 41.3. The lowest BCUT2D eigenvalue weighted by atomic mass is 9.49. The SMILES string of the molecule is C.CC(C)(C)OC(=O)N1CCN(c2ccnn3cc(B4OC(C)(C)C(C)(C)O4)cc23)CC1.CC(C)(C)OC(=O)N1CCN(c2ccnn3cc(Br)cc23)CC1.CC1(C)OB(B2OC(C)(C)C(C)(C)O2)OC1(C)C. The number of ether oxygens (including phenoxy) is 2. The lowest BCUT2D eigenvalue weighted by Crippen LogP contribution is -2.50. The van der Waals surface area contributed by atoms with E-state index in [1.165, 1.54) is 0 Å². The highest BCUT2D eigenvalue weighted by Crippen LogP contribution is 2.43. The third kappa shape index (κ3) is 13.0. The van der Waals surface area contributed by atoms with E-state index in [0.717, 1.165) is 58.5 Å². The summed E-state index contributed by atoms with van der Waals surface area (Å²) < 4.78 is 52.0. The van der Waals surface area contributed by atoms with Crippen LogP contribution in [0.25, 0.3) is 11.0 Å². The molecule has 5 saturated heterocycles. The lowest BCUT2D eigenvalue weighted by Gasteiger charge is -2.36. The maximum absolute atomic E-state index is 12.4. The normalized spacial score (nSPS) is 21.9. The van der Waals surface area contributed by atoms with E-state index in [9.17, 15) is 9.59 Å². The molecule has 0 atom stereocenters. The summed E-state index contributed by atoms with van der Waals surface area (Å²) >= 11 is 3.49. The van der Waals surface area contributed by atoms with Crippen molar-refractivity contribution in [3.05, 3.63) is 53.5 Å². The van der Waals surface area contributed by atoms with Crippen LogP contribution in [0.4, 0.5) is 21.0 Å². The lowest BCUT2D eigenvalue weighted by molar-refractivity contribution is 0.00578. The molecule has 0 unspecified atom stereocenters. The fourth-order valence-electron chi connectivity index (χ4n) is 8.54. The fourth-order valence-corrected chi connectivity index (χ4v) is 8.95. The summed E-state index contributed by atoms with van der Waals surface area (Å²) in [6, 6.07) is 8.19. The Morgan fingerprint density at radius 1 is 0.534 bits per heavy atom. The van der Waals surface area contributed by atoms with Gasteiger partial charge in [-0.2, -0.15) is 10.2 Å². The Bertz CT molecular complexity index is 2490. The first-order valence-corrected chi connectivity index (χ1v) is 26.0. The van der Waals surface area contributed by atoms with Crippen molar-refractivity contribution < 1.29 is 47.0 Å². The molecule has 0 aromatic carbocycles. The predicted octanol–water partition coefficient (Wildman–Crippen LogP) is 8.73. The zero-order chi connectivity index (χ0) is 53.2. The first-order chi connectivity index (χ1) is 33.1. The molecule has 0 radical (unpaired) electrons. The van der Waals surface area contributed by atoms with Gasteiger partial charge in [0.25, 0.3) is 0 Å². The van der Waals surface area contributed by atoms with Crippen molar-refractivity contribution >= 4 is 77.1 Å². The van der Waals surface area contributed by atoms with Gasteiger partial charge in [-0.25, -0.2) is 18.6 Å². The minimum atomic E-state index is -0.485. The molecule has 0 bridgehead atoms. The Labute approximate surface area is 443 Å². The molecule has 5 aliphatic heterocycles. The van der Waals surface area contributed by atoms with E-state index in [-0.39, 0.29) is 53.2 Å². The number of halogens is 1. The smallest absolute Gasteiger partial charge is 0.444 e. The molecule has 0 N–H and O–H groups in total. The van der Waals surface area contributed by atoms with E-state index in [1.807, 2.05) is 130 Å². The summed E-state index contributed by atoms with van der Waals surface area (Å²) in [4.78, 5) is 32.6. The number of anilines is 2. The van der Waals surface area contributed by atoms with Crippen molar-refractivity contribution in [2.24, 2.45) is 0 Å². The molecule has 4 aromatic rings. The van der Waals surface area contributed by atoms with Crippen molar-refractivity contribution in [1.29, 1.82) is 0 Å². The molecular weight excluding hydrogens is 997 g/mol. The number of hydrogen-bond donors (Lipinski definition) is 0. The molecule has 5 fully saturated rings. The van der Waals surface area contributed by atoms with Crippen LogP contribution in [0.5, 0.6) is 0 Å². The summed E-state index contributed by atoms with van der Waals surface area (Å²) in [5.41, 5.74) is 2.07. The van der Waals surface area contributed by atoms with Gasteiger partial charge < -0.3 is 57.0 Å². The van der Waals surface area contributed by atoms with Crippen molar-refractivity contribution in [3.63, 3.8) is 0 Å². The third-order valence-electron chi connectivity index (χ3n) is 14.8. The molecule has 2 amide bonds. The highest BCUT2D eigenvalue weighted by atomic mass is 79.9. The summed E-state index contributed by atoms with van der Waals surface area (Å²) in [5, 5.41) is 8.80. The quantitative estimate of drug-likeness (QED) is 0.179. The second-order valence-corrected chi connectivity index (χ2v) is 25.2. The number of amides is 2. The Morgan fingerprint density at radius 3 is 1.22 bits per heavy atom. The molecule has 18 nitrogen and oxygen atoms in total. The van der Waals surface area contributed by atoms with Crippen LogP contribution in [0.3, 0.4) is 0 Å². The van der Waals surface area contributed by atoms with Gasteiger partial charge in [0.2, 0.25) is 0 Å². The molecule has 9 rings (SSSR count). The molecule has 73 heavy (non-hydrogen) atoms. The molecule has 402 valence electrons. The number of hydrogen-bond acceptors (Lipinski definition) is 14. The second-order valence-electron chi connectivity index (χ2n) is 24.3. The number of fused-ring (bicyclic) bond motifs is 2. The van der Waals surface area contributed by atoms with Crippen LogP contribution in [0, 0.1) is 0 Å². The van der Waals surface area contributed by atoms with E-state index in [1.54, 1.807) is 22.2 Å². The molecule has 0 aliphatic carbocycles. The van der Waals surface area contributed by atoms with E-state index in [4.69, 9.17) is 37.4 Å². The number of nitrogens with zero attached hydrogens (tertiary/aromatic N) is 8. The van der Waals surface area contributed by atoms with Crippen LogP contribution in [0.2, 0.25) is 0 Å². The van der Waals surface area contributed by atoms with Crippen molar-refractivity contribution in [2.45, 2.75) is 177 Å². The third-order valence-corrected chi connectivity index (χ3v) is 15.2. The van der Waals surface area contributed by atoms with E-state index < -0.39 is 32.3 Å². The first-order valence-electron chi connectivity index (χ1n) is 25.2. The molecular formula is C51H82B3BrN8O10. The van der Waals surface area contributed by atoms with Crippen molar-refractivity contribution in [3.8, 4) is 0 Å². The van der Waals surface area contributed by atoms with Crippen LogP contribution in [0.1, 0.15) is 132 Å². The maximum atomic E-state index is 12.4. The van der Waals surface area contributed by atoms with Gasteiger partial charge in [-0.15, -0.1) is 0 Å². The Kier molecular flexibility index (Phi) is 16.6. The monoisotopic (exact) mass is 1080 g/mol. The Morgan fingerprint density at radius 2 is 0.863 bits per heavy atom. The topological polar surface area (TPSA) is 156 Å². The Hall–Kier alpha value is -4.05. The number of piperazine rings is 2. The molecule has 4 aromatic heterocycles.